The van der Waals surface area contributed by atoms with E-state index in [-0.39, 0.29) is 30.7 Å². The third kappa shape index (κ3) is 5.34. The summed E-state index contributed by atoms with van der Waals surface area (Å²) in [5.74, 6) is -0.955. The Morgan fingerprint density at radius 2 is 1.69 bits per heavy atom. The standard InChI is InChI=1S/C24H26N2O9/c1-5-35-24(29)16-8-15(9-17(10-16)26(30)31)23(28)25-7-6-14-11-20(32-2)21(33-3)12-18(14)19(25)13-22(27)34-4/h8-12,19H,5-7,13H2,1-4H3. The van der Waals surface area contributed by atoms with Gasteiger partial charge in [-0.3, -0.25) is 19.7 Å². The molecule has 35 heavy (non-hydrogen) atoms. The molecule has 1 heterocycles. The topological polar surface area (TPSA) is 135 Å². The predicted octanol–water partition coefficient (Wildman–Crippen LogP) is 3.09. The SMILES string of the molecule is CCOC(=O)c1cc(C(=O)N2CCc3cc(OC)c(OC)cc3C2CC(=O)OC)cc([N+](=O)[O-])c1. The van der Waals surface area contributed by atoms with Crippen LogP contribution in [0.15, 0.2) is 30.3 Å². The highest BCUT2D eigenvalue weighted by Gasteiger charge is 2.35. The van der Waals surface area contributed by atoms with Crippen LogP contribution in [0.5, 0.6) is 11.5 Å². The number of methoxy groups -OCH3 is 3. The summed E-state index contributed by atoms with van der Waals surface area (Å²) in [7, 11) is 4.24. The Morgan fingerprint density at radius 3 is 2.29 bits per heavy atom. The number of non-ortho nitro benzene ring substituents is 1. The van der Waals surface area contributed by atoms with Crippen LogP contribution in [0.25, 0.3) is 0 Å². The molecule has 0 bridgehead atoms. The number of fused-ring (bicyclic) bond motifs is 1. The van der Waals surface area contributed by atoms with Crippen molar-refractivity contribution in [1.29, 1.82) is 0 Å². The molecule has 2 aromatic carbocycles. The molecule has 1 unspecified atom stereocenters. The molecule has 0 spiro atoms. The number of benzene rings is 2. The minimum Gasteiger partial charge on any atom is -0.493 e. The summed E-state index contributed by atoms with van der Waals surface area (Å²) >= 11 is 0. The highest BCUT2D eigenvalue weighted by Crippen LogP contribution is 2.40. The van der Waals surface area contributed by atoms with Crippen LogP contribution in [0.4, 0.5) is 5.69 Å². The van der Waals surface area contributed by atoms with Crippen molar-refractivity contribution in [2.75, 3.05) is 34.5 Å². The van der Waals surface area contributed by atoms with Crippen molar-refractivity contribution in [1.82, 2.24) is 4.90 Å². The van der Waals surface area contributed by atoms with E-state index in [4.69, 9.17) is 18.9 Å². The summed E-state index contributed by atoms with van der Waals surface area (Å²) in [4.78, 5) is 50.4. The Bertz CT molecular complexity index is 1160. The zero-order valence-electron chi connectivity index (χ0n) is 19.9. The Balaban J connectivity index is 2.09. The first-order chi connectivity index (χ1) is 16.7. The predicted molar refractivity (Wildman–Crippen MR) is 123 cm³/mol. The number of hydrogen-bond donors (Lipinski definition) is 0. The Morgan fingerprint density at radius 1 is 1.03 bits per heavy atom. The molecule has 0 saturated heterocycles. The van der Waals surface area contributed by atoms with E-state index >= 15 is 0 Å². The smallest absolute Gasteiger partial charge is 0.338 e. The van der Waals surface area contributed by atoms with E-state index < -0.39 is 34.5 Å². The van der Waals surface area contributed by atoms with Crippen molar-refractivity contribution < 1.29 is 38.3 Å². The first-order valence-electron chi connectivity index (χ1n) is 10.8. The van der Waals surface area contributed by atoms with Crippen LogP contribution in [-0.2, 0) is 20.7 Å². The number of carbonyl (C=O) groups is 3. The van der Waals surface area contributed by atoms with Gasteiger partial charge in [-0.25, -0.2) is 4.79 Å². The number of carbonyl (C=O) groups excluding carboxylic acids is 3. The van der Waals surface area contributed by atoms with Gasteiger partial charge in [0.15, 0.2) is 11.5 Å². The molecule has 0 fully saturated rings. The van der Waals surface area contributed by atoms with Gasteiger partial charge in [0.2, 0.25) is 0 Å². The molecule has 1 amide bonds. The maximum Gasteiger partial charge on any atom is 0.338 e. The number of nitro benzene ring substituents is 1. The van der Waals surface area contributed by atoms with Crippen LogP contribution in [0.3, 0.4) is 0 Å². The second-order valence-electron chi connectivity index (χ2n) is 7.70. The van der Waals surface area contributed by atoms with Crippen molar-refractivity contribution in [2.45, 2.75) is 25.8 Å². The summed E-state index contributed by atoms with van der Waals surface area (Å²) in [6.45, 7) is 1.90. The lowest BCUT2D eigenvalue weighted by molar-refractivity contribution is -0.384. The molecular formula is C24H26N2O9. The zero-order valence-corrected chi connectivity index (χ0v) is 19.9. The quantitative estimate of drug-likeness (QED) is 0.313. The summed E-state index contributed by atoms with van der Waals surface area (Å²) in [5, 5.41) is 11.5. The highest BCUT2D eigenvalue weighted by atomic mass is 16.6. The summed E-state index contributed by atoms with van der Waals surface area (Å²) in [6.07, 6.45) is 0.295. The fraction of sp³-hybridized carbons (Fsp3) is 0.375. The number of nitro groups is 1. The fourth-order valence-electron chi connectivity index (χ4n) is 4.07. The minimum absolute atomic E-state index is 0.0685. The lowest BCUT2D eigenvalue weighted by atomic mass is 9.89. The molecule has 3 rings (SSSR count). The van der Waals surface area contributed by atoms with Crippen molar-refractivity contribution >= 4 is 23.5 Å². The first-order valence-corrected chi connectivity index (χ1v) is 10.8. The minimum atomic E-state index is -0.780. The molecule has 11 heteroatoms. The molecule has 1 atom stereocenters. The lowest BCUT2D eigenvalue weighted by Crippen LogP contribution is -2.41. The van der Waals surface area contributed by atoms with Crippen molar-refractivity contribution in [2.24, 2.45) is 0 Å². The van der Waals surface area contributed by atoms with Crippen LogP contribution in [-0.4, -0.2) is 62.2 Å². The normalized spacial score (nSPS) is 14.5. The molecule has 0 radical (unpaired) electrons. The van der Waals surface area contributed by atoms with E-state index in [1.54, 1.807) is 19.1 Å². The zero-order chi connectivity index (χ0) is 25.7. The molecule has 186 valence electrons. The molecule has 0 N–H and O–H groups in total. The maximum atomic E-state index is 13.6. The molecule has 0 aromatic heterocycles. The number of rotatable bonds is 8. The lowest BCUT2D eigenvalue weighted by Gasteiger charge is -2.37. The molecule has 11 nitrogen and oxygen atoms in total. The number of amides is 1. The van der Waals surface area contributed by atoms with Crippen LogP contribution in [0.1, 0.15) is 51.2 Å². The Kier molecular flexibility index (Phi) is 7.90. The fourth-order valence-corrected chi connectivity index (χ4v) is 4.07. The van der Waals surface area contributed by atoms with Crippen LogP contribution in [0, 0.1) is 10.1 Å². The third-order valence-electron chi connectivity index (χ3n) is 5.74. The van der Waals surface area contributed by atoms with Gasteiger partial charge < -0.3 is 23.8 Å². The van der Waals surface area contributed by atoms with Gasteiger partial charge in [0.1, 0.15) is 0 Å². The third-order valence-corrected chi connectivity index (χ3v) is 5.74. The monoisotopic (exact) mass is 486 g/mol. The number of esters is 2. The van der Waals surface area contributed by atoms with Gasteiger partial charge in [0.25, 0.3) is 11.6 Å². The van der Waals surface area contributed by atoms with Crippen molar-refractivity contribution in [3.05, 3.63) is 62.7 Å². The van der Waals surface area contributed by atoms with Gasteiger partial charge >= 0.3 is 11.9 Å². The summed E-state index contributed by atoms with van der Waals surface area (Å²) in [6, 6.07) is 6.19. The van der Waals surface area contributed by atoms with Crippen LogP contribution < -0.4 is 9.47 Å². The van der Waals surface area contributed by atoms with Gasteiger partial charge in [-0.15, -0.1) is 0 Å². The Hall–Kier alpha value is -4.15. The van der Waals surface area contributed by atoms with Gasteiger partial charge in [0.05, 0.1) is 50.9 Å². The maximum absolute atomic E-state index is 13.6. The largest absolute Gasteiger partial charge is 0.493 e. The van der Waals surface area contributed by atoms with Crippen molar-refractivity contribution in [3.8, 4) is 11.5 Å². The van der Waals surface area contributed by atoms with Gasteiger partial charge in [-0.05, 0) is 42.7 Å². The second kappa shape index (κ2) is 10.9. The number of ether oxygens (including phenoxy) is 4. The van der Waals surface area contributed by atoms with Gasteiger partial charge in [-0.1, -0.05) is 0 Å². The average Bonchev–Trinajstić information content (AvgIpc) is 2.87. The summed E-state index contributed by atoms with van der Waals surface area (Å²) < 4.78 is 20.6. The highest BCUT2D eigenvalue weighted by molar-refractivity contribution is 5.99. The van der Waals surface area contributed by atoms with E-state index in [1.807, 2.05) is 0 Å². The number of hydrogen-bond acceptors (Lipinski definition) is 9. The molecule has 2 aromatic rings. The molecule has 0 aliphatic carbocycles. The van der Waals surface area contributed by atoms with Crippen molar-refractivity contribution in [3.63, 3.8) is 0 Å². The molecular weight excluding hydrogens is 460 g/mol. The number of nitrogens with zero attached hydrogens (tertiary/aromatic N) is 2. The van der Waals surface area contributed by atoms with Gasteiger partial charge in [-0.2, -0.15) is 0 Å². The van der Waals surface area contributed by atoms with E-state index in [0.29, 0.717) is 23.5 Å². The van der Waals surface area contributed by atoms with E-state index in [9.17, 15) is 24.5 Å². The van der Waals surface area contributed by atoms with E-state index in [1.165, 1.54) is 32.3 Å². The average molecular weight is 486 g/mol. The second-order valence-corrected chi connectivity index (χ2v) is 7.70. The van der Waals surface area contributed by atoms with Crippen LogP contribution in [0.2, 0.25) is 0 Å². The van der Waals surface area contributed by atoms with Gasteiger partial charge in [0, 0.05) is 24.2 Å². The van der Waals surface area contributed by atoms with E-state index in [0.717, 1.165) is 17.7 Å². The van der Waals surface area contributed by atoms with Crippen LogP contribution >= 0.6 is 0 Å². The molecule has 1 aliphatic heterocycles. The first kappa shape index (κ1) is 25.5. The van der Waals surface area contributed by atoms with E-state index in [2.05, 4.69) is 0 Å². The molecule has 1 aliphatic rings. The Labute approximate surface area is 201 Å². The molecule has 0 saturated carbocycles. The summed E-state index contributed by atoms with van der Waals surface area (Å²) in [5.41, 5.74) is 0.932.